The number of benzene rings is 1. The molecule has 7 nitrogen and oxygen atoms in total. The van der Waals surface area contributed by atoms with Gasteiger partial charge in [-0.25, -0.2) is 0 Å². The zero-order valence-corrected chi connectivity index (χ0v) is 19.0. The second-order valence-electron chi connectivity index (χ2n) is 6.41. The number of likely N-dealkylation sites (N-methyl/N-ethyl adjacent to an activating group) is 1. The number of guanidine groups is 1. The van der Waals surface area contributed by atoms with Crippen LogP contribution in [0.4, 0.5) is 18.9 Å². The van der Waals surface area contributed by atoms with Crippen molar-refractivity contribution in [1.82, 2.24) is 15.1 Å². The molecule has 0 bridgehead atoms. The number of alkyl halides is 3. The lowest BCUT2D eigenvalue weighted by molar-refractivity contribution is -0.157. The van der Waals surface area contributed by atoms with Crippen molar-refractivity contribution in [3.05, 3.63) is 24.3 Å². The summed E-state index contributed by atoms with van der Waals surface area (Å²) in [5.41, 5.74) is 1.01. The second kappa shape index (κ2) is 11.3. The average Bonchev–Trinajstić information content (AvgIpc) is 2.67. The molecule has 1 aliphatic heterocycles. The third kappa shape index (κ3) is 7.44. The Hall–Kier alpha value is -1.92. The highest BCUT2D eigenvalue weighted by atomic mass is 127. The number of halogens is 4. The number of rotatable bonds is 5. The Labute approximate surface area is 185 Å². The monoisotopic (exact) mass is 529 g/mol. The van der Waals surface area contributed by atoms with Gasteiger partial charge in [-0.2, -0.15) is 13.2 Å². The molecule has 1 aliphatic rings. The van der Waals surface area contributed by atoms with Crippen molar-refractivity contribution in [2.75, 3.05) is 65.4 Å². The standard InChI is InChI=1S/C18H26F3N5O2.HI/c1-22-17(23-12-16(27)24(2)13-18(19,20)21)26-10-8-25(9-11-26)14-6-4-5-7-15(14)28-3;/h4-7H,8-13H2,1-3H3,(H,22,23);1H. The van der Waals surface area contributed by atoms with Gasteiger partial charge in [0, 0.05) is 40.3 Å². The highest BCUT2D eigenvalue weighted by molar-refractivity contribution is 14.0. The van der Waals surface area contributed by atoms with Crippen LogP contribution in [0.1, 0.15) is 0 Å². The second-order valence-corrected chi connectivity index (χ2v) is 6.41. The van der Waals surface area contributed by atoms with E-state index in [0.717, 1.165) is 31.6 Å². The van der Waals surface area contributed by atoms with Crippen molar-refractivity contribution in [1.29, 1.82) is 0 Å². The summed E-state index contributed by atoms with van der Waals surface area (Å²) in [4.78, 5) is 20.9. The number of anilines is 1. The molecule has 11 heteroatoms. The molecular weight excluding hydrogens is 502 g/mol. The maximum absolute atomic E-state index is 12.4. The molecule has 0 radical (unpaired) electrons. The van der Waals surface area contributed by atoms with Gasteiger partial charge in [0.2, 0.25) is 5.91 Å². The van der Waals surface area contributed by atoms with E-state index in [1.165, 1.54) is 0 Å². The highest BCUT2D eigenvalue weighted by Gasteiger charge is 2.31. The minimum absolute atomic E-state index is 0. The third-order valence-electron chi connectivity index (χ3n) is 4.46. The Morgan fingerprint density at radius 3 is 2.41 bits per heavy atom. The lowest BCUT2D eigenvalue weighted by Crippen LogP contribution is -2.54. The van der Waals surface area contributed by atoms with Crippen LogP contribution in [-0.4, -0.2) is 88.3 Å². The van der Waals surface area contributed by atoms with E-state index in [-0.39, 0.29) is 30.5 Å². The summed E-state index contributed by atoms with van der Waals surface area (Å²) in [6, 6.07) is 7.77. The molecule has 0 aromatic heterocycles. The van der Waals surface area contributed by atoms with Crippen LogP contribution in [0, 0.1) is 0 Å². The largest absolute Gasteiger partial charge is 0.495 e. The number of carbonyl (C=O) groups excluding carboxylic acids is 1. The number of carbonyl (C=O) groups is 1. The number of ether oxygens (including phenoxy) is 1. The molecule has 1 amide bonds. The van der Waals surface area contributed by atoms with E-state index in [0.29, 0.717) is 23.9 Å². The Balaban J connectivity index is 0.00000420. The van der Waals surface area contributed by atoms with Gasteiger partial charge in [0.15, 0.2) is 5.96 Å². The van der Waals surface area contributed by atoms with E-state index in [2.05, 4.69) is 15.2 Å². The zero-order valence-electron chi connectivity index (χ0n) is 16.7. The molecule has 164 valence electrons. The maximum Gasteiger partial charge on any atom is 0.406 e. The first-order valence-corrected chi connectivity index (χ1v) is 8.89. The molecule has 0 spiro atoms. The first-order chi connectivity index (χ1) is 13.2. The van der Waals surface area contributed by atoms with Gasteiger partial charge in [0.05, 0.1) is 19.3 Å². The van der Waals surface area contributed by atoms with Crippen LogP contribution in [0.5, 0.6) is 5.75 Å². The van der Waals surface area contributed by atoms with E-state index < -0.39 is 18.6 Å². The van der Waals surface area contributed by atoms with Crippen LogP contribution in [-0.2, 0) is 4.79 Å². The molecule has 0 saturated carbocycles. The van der Waals surface area contributed by atoms with E-state index >= 15 is 0 Å². The van der Waals surface area contributed by atoms with Gasteiger partial charge >= 0.3 is 6.18 Å². The molecule has 1 aromatic carbocycles. The molecular formula is C18H27F3IN5O2. The first kappa shape index (κ1) is 25.1. The molecule has 1 saturated heterocycles. The number of amides is 1. The van der Waals surface area contributed by atoms with E-state index in [9.17, 15) is 18.0 Å². The van der Waals surface area contributed by atoms with Gasteiger partial charge in [-0.3, -0.25) is 9.79 Å². The Morgan fingerprint density at radius 1 is 1.24 bits per heavy atom. The smallest absolute Gasteiger partial charge is 0.406 e. The van der Waals surface area contributed by atoms with Crippen molar-refractivity contribution in [2.45, 2.75) is 6.18 Å². The zero-order chi connectivity index (χ0) is 20.7. The normalized spacial score (nSPS) is 14.9. The van der Waals surface area contributed by atoms with Crippen molar-refractivity contribution in [3.8, 4) is 5.75 Å². The van der Waals surface area contributed by atoms with Gasteiger partial charge < -0.3 is 24.8 Å². The lowest BCUT2D eigenvalue weighted by atomic mass is 10.2. The van der Waals surface area contributed by atoms with Crippen molar-refractivity contribution in [3.63, 3.8) is 0 Å². The molecule has 1 aromatic rings. The fourth-order valence-corrected chi connectivity index (χ4v) is 3.03. The Morgan fingerprint density at radius 2 is 1.86 bits per heavy atom. The Kier molecular flexibility index (Phi) is 9.80. The maximum atomic E-state index is 12.4. The summed E-state index contributed by atoms with van der Waals surface area (Å²) >= 11 is 0. The van der Waals surface area contributed by atoms with Gasteiger partial charge in [0.25, 0.3) is 0 Å². The molecule has 0 aliphatic carbocycles. The third-order valence-corrected chi connectivity index (χ3v) is 4.46. The number of nitrogens with one attached hydrogen (secondary N) is 1. The average molecular weight is 529 g/mol. The highest BCUT2D eigenvalue weighted by Crippen LogP contribution is 2.28. The number of methoxy groups -OCH3 is 1. The van der Waals surface area contributed by atoms with Crippen molar-refractivity contribution < 1.29 is 22.7 Å². The molecule has 1 N–H and O–H groups in total. The van der Waals surface area contributed by atoms with E-state index in [4.69, 9.17) is 4.74 Å². The molecule has 1 fully saturated rings. The van der Waals surface area contributed by atoms with Crippen LogP contribution in [0.25, 0.3) is 0 Å². The number of hydrogen-bond donors (Lipinski definition) is 1. The number of hydrogen-bond acceptors (Lipinski definition) is 4. The fourth-order valence-electron chi connectivity index (χ4n) is 3.03. The quantitative estimate of drug-likeness (QED) is 0.360. The van der Waals surface area contributed by atoms with Crippen molar-refractivity contribution >= 4 is 41.5 Å². The predicted molar refractivity (Wildman–Crippen MR) is 117 cm³/mol. The molecule has 0 unspecified atom stereocenters. The summed E-state index contributed by atoms with van der Waals surface area (Å²) in [6.45, 7) is 1.25. The predicted octanol–water partition coefficient (Wildman–Crippen LogP) is 2.03. The van der Waals surface area contributed by atoms with Crippen LogP contribution in [0.2, 0.25) is 0 Å². The number of para-hydroxylation sites is 2. The fraction of sp³-hybridized carbons (Fsp3) is 0.556. The summed E-state index contributed by atoms with van der Waals surface area (Å²) < 4.78 is 42.6. The number of nitrogens with zero attached hydrogens (tertiary/aromatic N) is 4. The van der Waals surface area contributed by atoms with Crippen LogP contribution in [0.15, 0.2) is 29.3 Å². The van der Waals surface area contributed by atoms with Gasteiger partial charge in [-0.15, -0.1) is 24.0 Å². The SMILES string of the molecule is CN=C(NCC(=O)N(C)CC(F)(F)F)N1CCN(c2ccccc2OC)CC1.I. The molecule has 1 heterocycles. The van der Waals surface area contributed by atoms with Gasteiger partial charge in [-0.1, -0.05) is 12.1 Å². The van der Waals surface area contributed by atoms with E-state index in [1.54, 1.807) is 14.2 Å². The summed E-state index contributed by atoms with van der Waals surface area (Å²) in [5.74, 6) is 0.649. The summed E-state index contributed by atoms with van der Waals surface area (Å²) in [5, 5.41) is 2.86. The lowest BCUT2D eigenvalue weighted by Gasteiger charge is -2.38. The molecule has 2 rings (SSSR count). The number of piperazine rings is 1. The van der Waals surface area contributed by atoms with Crippen LogP contribution >= 0.6 is 24.0 Å². The summed E-state index contributed by atoms with van der Waals surface area (Å²) in [6.07, 6.45) is -4.42. The summed E-state index contributed by atoms with van der Waals surface area (Å²) in [7, 11) is 4.35. The van der Waals surface area contributed by atoms with Gasteiger partial charge in [-0.05, 0) is 12.1 Å². The minimum atomic E-state index is -4.42. The van der Waals surface area contributed by atoms with E-state index in [1.807, 2.05) is 29.2 Å². The minimum Gasteiger partial charge on any atom is -0.495 e. The first-order valence-electron chi connectivity index (χ1n) is 8.89. The molecule has 29 heavy (non-hydrogen) atoms. The van der Waals surface area contributed by atoms with Crippen LogP contribution in [0.3, 0.4) is 0 Å². The Bertz CT molecular complexity index is 694. The topological polar surface area (TPSA) is 60.4 Å². The van der Waals surface area contributed by atoms with Crippen LogP contribution < -0.4 is 15.0 Å². The van der Waals surface area contributed by atoms with Gasteiger partial charge in [0.1, 0.15) is 12.3 Å². The molecule has 0 atom stereocenters. The number of aliphatic imine (C=N–C) groups is 1. The van der Waals surface area contributed by atoms with Crippen molar-refractivity contribution in [2.24, 2.45) is 4.99 Å².